The molecule has 96 valence electrons. The van der Waals surface area contributed by atoms with Gasteiger partial charge in [0.15, 0.2) is 14.4 Å². The van der Waals surface area contributed by atoms with Gasteiger partial charge >= 0.3 is 0 Å². The lowest BCUT2D eigenvalue weighted by Crippen LogP contribution is -2.02. The highest BCUT2D eigenvalue weighted by molar-refractivity contribution is 8.01. The molecule has 0 unspecified atom stereocenters. The Balaban J connectivity index is 2.54. The molecule has 2 rings (SSSR count). The summed E-state index contributed by atoms with van der Waals surface area (Å²) in [6.45, 7) is 0. The Morgan fingerprint density at radius 2 is 1.94 bits per heavy atom. The number of aromatic nitrogens is 1. The van der Waals surface area contributed by atoms with Crippen molar-refractivity contribution in [1.29, 1.82) is 0 Å². The van der Waals surface area contributed by atoms with Crippen molar-refractivity contribution >= 4 is 50.4 Å². The lowest BCUT2D eigenvalue weighted by Gasteiger charge is -2.02. The number of sulfone groups is 1. The number of nitrogens with two attached hydrogens (primary N) is 1. The van der Waals surface area contributed by atoms with Crippen molar-refractivity contribution in [2.24, 2.45) is 0 Å². The normalized spacial score (nSPS) is 11.7. The van der Waals surface area contributed by atoms with Gasteiger partial charge in [0.1, 0.15) is 0 Å². The third-order valence-corrected chi connectivity index (χ3v) is 6.74. The highest BCUT2D eigenvalue weighted by Crippen LogP contribution is 2.35. The number of thioether (sulfide) groups is 1. The molecule has 1 aromatic heterocycles. The van der Waals surface area contributed by atoms with Gasteiger partial charge in [-0.25, -0.2) is 13.4 Å². The molecule has 0 saturated heterocycles. The topological polar surface area (TPSA) is 73.0 Å². The summed E-state index contributed by atoms with van der Waals surface area (Å²) in [5, 5.41) is 0.482. The lowest BCUT2D eigenvalue weighted by molar-refractivity contribution is 0.598. The predicted octanol–water partition coefficient (Wildman–Crippen LogP) is 2.93. The minimum absolute atomic E-state index is 0.0410. The Kier molecular flexibility index (Phi) is 3.86. The van der Waals surface area contributed by atoms with Crippen LogP contribution in [0.15, 0.2) is 37.7 Å². The Morgan fingerprint density at radius 3 is 2.44 bits per heavy atom. The SMILES string of the molecule is CSc1nc(N)c(S(=O)(=O)c2ccc(Cl)cc2)s1. The summed E-state index contributed by atoms with van der Waals surface area (Å²) in [5.74, 6) is 0.0410. The summed E-state index contributed by atoms with van der Waals surface area (Å²) in [6, 6.07) is 5.97. The van der Waals surface area contributed by atoms with Gasteiger partial charge in [0.25, 0.3) is 0 Å². The number of hydrogen-bond donors (Lipinski definition) is 1. The summed E-state index contributed by atoms with van der Waals surface area (Å²) in [6.07, 6.45) is 1.82. The summed E-state index contributed by atoms with van der Waals surface area (Å²) in [5.41, 5.74) is 5.65. The molecule has 0 saturated carbocycles. The Hall–Kier alpha value is -0.760. The maximum Gasteiger partial charge on any atom is 0.219 e. The molecule has 1 aromatic carbocycles. The summed E-state index contributed by atoms with van der Waals surface area (Å²) >= 11 is 8.16. The van der Waals surface area contributed by atoms with Crippen molar-refractivity contribution in [3.8, 4) is 0 Å². The third kappa shape index (κ3) is 2.49. The second-order valence-electron chi connectivity index (χ2n) is 3.31. The number of rotatable bonds is 3. The molecule has 0 aliphatic heterocycles. The van der Waals surface area contributed by atoms with E-state index in [4.69, 9.17) is 17.3 Å². The second-order valence-corrected chi connectivity index (χ2v) is 7.95. The van der Waals surface area contributed by atoms with Crippen LogP contribution >= 0.6 is 34.7 Å². The molecule has 0 atom stereocenters. The highest BCUT2D eigenvalue weighted by Gasteiger charge is 2.24. The fourth-order valence-corrected chi connectivity index (χ4v) is 4.80. The maximum absolute atomic E-state index is 12.3. The highest BCUT2D eigenvalue weighted by atomic mass is 35.5. The van der Waals surface area contributed by atoms with E-state index in [2.05, 4.69) is 4.98 Å². The van der Waals surface area contributed by atoms with E-state index in [-0.39, 0.29) is 14.9 Å². The molecule has 8 heteroatoms. The molecule has 4 nitrogen and oxygen atoms in total. The maximum atomic E-state index is 12.3. The fourth-order valence-electron chi connectivity index (χ4n) is 1.30. The van der Waals surface area contributed by atoms with Crippen molar-refractivity contribution < 1.29 is 8.42 Å². The van der Waals surface area contributed by atoms with Crippen molar-refractivity contribution in [1.82, 2.24) is 4.98 Å². The first kappa shape index (κ1) is 13.7. The number of halogens is 1. The summed E-state index contributed by atoms with van der Waals surface area (Å²) < 4.78 is 25.4. The third-order valence-electron chi connectivity index (χ3n) is 2.14. The molecular weight excluding hydrogens is 312 g/mol. The molecular formula is C10H9ClN2O2S3. The molecule has 2 aromatic rings. The minimum atomic E-state index is -3.62. The summed E-state index contributed by atoms with van der Waals surface area (Å²) in [7, 11) is -3.62. The Morgan fingerprint density at radius 1 is 1.33 bits per heavy atom. The van der Waals surface area contributed by atoms with Crippen LogP contribution in [0.3, 0.4) is 0 Å². The van der Waals surface area contributed by atoms with Gasteiger partial charge in [-0.05, 0) is 30.5 Å². The molecule has 0 aliphatic rings. The molecule has 18 heavy (non-hydrogen) atoms. The molecule has 1 heterocycles. The smallest absolute Gasteiger partial charge is 0.219 e. The number of benzene rings is 1. The average Bonchev–Trinajstić information content (AvgIpc) is 2.72. The zero-order valence-corrected chi connectivity index (χ0v) is 12.5. The van der Waals surface area contributed by atoms with Crippen LogP contribution in [0.4, 0.5) is 5.82 Å². The number of nitrogen functional groups attached to an aromatic ring is 1. The van der Waals surface area contributed by atoms with Crippen molar-refractivity contribution in [3.63, 3.8) is 0 Å². The minimum Gasteiger partial charge on any atom is -0.382 e. The number of anilines is 1. The number of hydrogen-bond acceptors (Lipinski definition) is 6. The fraction of sp³-hybridized carbons (Fsp3) is 0.100. The van der Waals surface area contributed by atoms with Crippen LogP contribution in [0.5, 0.6) is 0 Å². The van der Waals surface area contributed by atoms with Gasteiger partial charge < -0.3 is 5.73 Å². The molecule has 2 N–H and O–H groups in total. The van der Waals surface area contributed by atoms with Gasteiger partial charge in [0.05, 0.1) is 4.90 Å². The van der Waals surface area contributed by atoms with Gasteiger partial charge in [0, 0.05) is 5.02 Å². The molecule has 0 amide bonds. The van der Waals surface area contributed by atoms with Crippen LogP contribution in [0.2, 0.25) is 5.02 Å². The summed E-state index contributed by atoms with van der Waals surface area (Å²) in [4.78, 5) is 4.15. The van der Waals surface area contributed by atoms with Crippen LogP contribution < -0.4 is 5.73 Å². The zero-order valence-electron chi connectivity index (χ0n) is 9.25. The number of thiazole rings is 1. The van der Waals surface area contributed by atoms with Crippen LogP contribution in [0, 0.1) is 0 Å². The van der Waals surface area contributed by atoms with Crippen molar-refractivity contribution in [2.45, 2.75) is 13.4 Å². The van der Waals surface area contributed by atoms with Gasteiger partial charge in [0.2, 0.25) is 9.84 Å². The van der Waals surface area contributed by atoms with Crippen molar-refractivity contribution in [2.75, 3.05) is 12.0 Å². The van der Waals surface area contributed by atoms with E-state index >= 15 is 0 Å². The second kappa shape index (κ2) is 5.08. The first-order valence-corrected chi connectivity index (χ1v) is 8.66. The Bertz CT molecular complexity index is 665. The van der Waals surface area contributed by atoms with E-state index in [1.807, 2.05) is 6.26 Å². The van der Waals surface area contributed by atoms with E-state index in [1.165, 1.54) is 36.0 Å². The molecule has 0 bridgehead atoms. The van der Waals surface area contributed by atoms with E-state index in [0.717, 1.165) is 11.3 Å². The van der Waals surface area contributed by atoms with E-state index in [1.54, 1.807) is 0 Å². The predicted molar refractivity (Wildman–Crippen MR) is 75.2 cm³/mol. The van der Waals surface area contributed by atoms with Crippen LogP contribution in [0.25, 0.3) is 0 Å². The van der Waals surface area contributed by atoms with Crippen LogP contribution in [-0.2, 0) is 9.84 Å². The van der Waals surface area contributed by atoms with Crippen LogP contribution in [-0.4, -0.2) is 19.7 Å². The molecule has 0 radical (unpaired) electrons. The zero-order chi connectivity index (χ0) is 13.3. The molecule has 0 aliphatic carbocycles. The van der Waals surface area contributed by atoms with Crippen molar-refractivity contribution in [3.05, 3.63) is 29.3 Å². The van der Waals surface area contributed by atoms with E-state index in [9.17, 15) is 8.42 Å². The lowest BCUT2D eigenvalue weighted by atomic mass is 10.4. The quantitative estimate of drug-likeness (QED) is 0.880. The molecule has 0 fully saturated rings. The first-order chi connectivity index (χ1) is 8.45. The van der Waals surface area contributed by atoms with E-state index in [0.29, 0.717) is 9.36 Å². The van der Waals surface area contributed by atoms with Gasteiger partial charge in [-0.15, -0.1) is 0 Å². The average molecular weight is 321 g/mol. The number of nitrogens with zero attached hydrogens (tertiary/aromatic N) is 1. The van der Waals surface area contributed by atoms with E-state index < -0.39 is 9.84 Å². The largest absolute Gasteiger partial charge is 0.382 e. The first-order valence-electron chi connectivity index (χ1n) is 4.76. The van der Waals surface area contributed by atoms with Gasteiger partial charge in [-0.3, -0.25) is 0 Å². The van der Waals surface area contributed by atoms with Gasteiger partial charge in [-0.1, -0.05) is 34.7 Å². The monoisotopic (exact) mass is 320 g/mol. The van der Waals surface area contributed by atoms with Crippen LogP contribution in [0.1, 0.15) is 0 Å². The van der Waals surface area contributed by atoms with Gasteiger partial charge in [-0.2, -0.15) is 0 Å². The Labute approximate surface area is 118 Å². The molecule has 0 spiro atoms. The standard InChI is InChI=1S/C10H9ClN2O2S3/c1-16-10-13-8(12)9(17-10)18(14,15)7-4-2-6(11)3-5-7/h2-5H,12H2,1H3.